The van der Waals surface area contributed by atoms with Gasteiger partial charge in [0.15, 0.2) is 0 Å². The summed E-state index contributed by atoms with van der Waals surface area (Å²) in [6, 6.07) is 25.2. The average molecular weight is 701 g/mol. The molecule has 4 amide bonds. The number of carbonyl (C=O) groups is 4. The summed E-state index contributed by atoms with van der Waals surface area (Å²) >= 11 is 0. The Hall–Kier alpha value is -6.24. The van der Waals surface area contributed by atoms with Crippen LogP contribution in [0.3, 0.4) is 0 Å². The number of hydrogen-bond donors (Lipinski definition) is 2. The van der Waals surface area contributed by atoms with Crippen molar-refractivity contribution in [3.8, 4) is 5.75 Å². The number of alkyl halides is 6. The van der Waals surface area contributed by atoms with Gasteiger partial charge in [-0.1, -0.05) is 66.7 Å². The monoisotopic (exact) mass is 700 g/mol. The maximum atomic E-state index is 14.9. The van der Waals surface area contributed by atoms with Gasteiger partial charge in [-0.15, -0.1) is 0 Å². The molecule has 7 rings (SSSR count). The maximum Gasteiger partial charge on any atom is 0.411 e. The Bertz CT molecular complexity index is 2230. The molecule has 0 fully saturated rings. The van der Waals surface area contributed by atoms with E-state index in [-0.39, 0.29) is 17.4 Å². The molecule has 2 aliphatic rings. The number of amides is 4. The van der Waals surface area contributed by atoms with E-state index < -0.39 is 74.8 Å². The van der Waals surface area contributed by atoms with Crippen LogP contribution in [-0.2, 0) is 5.41 Å². The van der Waals surface area contributed by atoms with Gasteiger partial charge in [0, 0.05) is 5.92 Å². The Morgan fingerprint density at radius 2 is 1.00 bits per heavy atom. The molecule has 1 unspecified atom stereocenters. The van der Waals surface area contributed by atoms with Crippen LogP contribution in [0.15, 0.2) is 115 Å². The third kappa shape index (κ3) is 5.15. The molecule has 2 N–H and O–H groups in total. The van der Waals surface area contributed by atoms with E-state index in [4.69, 9.17) is 0 Å². The van der Waals surface area contributed by atoms with Gasteiger partial charge in [-0.25, -0.2) is 4.90 Å². The zero-order chi connectivity index (χ0) is 36.5. The Morgan fingerprint density at radius 1 is 0.529 bits per heavy atom. The predicted octanol–water partition coefficient (Wildman–Crippen LogP) is 7.67. The maximum absolute atomic E-state index is 14.9. The first-order valence-electron chi connectivity index (χ1n) is 15.2. The first-order valence-corrected chi connectivity index (χ1v) is 15.2. The summed E-state index contributed by atoms with van der Waals surface area (Å²) in [4.78, 5) is 52.0. The predicted molar refractivity (Wildman–Crippen MR) is 171 cm³/mol. The van der Waals surface area contributed by atoms with Crippen molar-refractivity contribution in [2.45, 2.75) is 23.7 Å². The van der Waals surface area contributed by atoms with Crippen molar-refractivity contribution in [3.63, 3.8) is 0 Å². The van der Waals surface area contributed by atoms with Gasteiger partial charge in [-0.3, -0.25) is 24.5 Å². The third-order valence-electron chi connectivity index (χ3n) is 9.18. The van der Waals surface area contributed by atoms with Crippen molar-refractivity contribution >= 4 is 29.3 Å². The average Bonchev–Trinajstić information content (AvgIpc) is 3.51. The second-order valence-electron chi connectivity index (χ2n) is 12.0. The molecule has 0 radical (unpaired) electrons. The fraction of sp³-hybridized carbons (Fsp3) is 0.105. The highest BCUT2D eigenvalue weighted by molar-refractivity contribution is 6.34. The second kappa shape index (κ2) is 11.7. The normalized spacial score (nSPS) is 15.1. The minimum absolute atomic E-state index is 0.0243. The van der Waals surface area contributed by atoms with Gasteiger partial charge < -0.3 is 5.11 Å². The molecule has 0 saturated carbocycles. The highest BCUT2D eigenvalue weighted by Crippen LogP contribution is 2.57. The molecule has 0 spiro atoms. The van der Waals surface area contributed by atoms with Crippen LogP contribution in [0.25, 0.3) is 0 Å². The Labute approximate surface area is 284 Å². The van der Waals surface area contributed by atoms with Gasteiger partial charge in [0.25, 0.3) is 23.6 Å². The number of halogens is 6. The molecule has 1 atom stereocenters. The first kappa shape index (κ1) is 33.3. The SMILES string of the molecule is O=C1NC(=O)c2cc(C(c3ccc4c(c3)C(=O)N(c3ccc(C(c5ccccc5)c5ccc(O)cc5)cc3)C4=O)(C(F)(F)F)C(F)(F)F)ccc21. The van der Waals surface area contributed by atoms with Crippen LogP contribution in [0.2, 0.25) is 0 Å². The summed E-state index contributed by atoms with van der Waals surface area (Å²) in [5.74, 6) is -4.51. The van der Waals surface area contributed by atoms with E-state index in [1.54, 1.807) is 24.3 Å². The second-order valence-corrected chi connectivity index (χ2v) is 12.0. The number of anilines is 1. The number of nitrogens with one attached hydrogen (secondary N) is 1. The summed E-state index contributed by atoms with van der Waals surface area (Å²) in [7, 11) is 0. The number of imide groups is 2. The summed E-state index contributed by atoms with van der Waals surface area (Å²) in [5, 5.41) is 11.6. The number of hydrogen-bond acceptors (Lipinski definition) is 5. The van der Waals surface area contributed by atoms with Crippen molar-refractivity contribution in [2.24, 2.45) is 0 Å². The Kier molecular flexibility index (Phi) is 7.62. The number of phenols is 1. The largest absolute Gasteiger partial charge is 0.508 e. The smallest absolute Gasteiger partial charge is 0.411 e. The molecule has 0 aliphatic carbocycles. The molecule has 7 nitrogen and oxygen atoms in total. The number of fused-ring (bicyclic) bond motifs is 2. The number of aromatic hydroxyl groups is 1. The number of nitrogens with zero attached hydrogens (tertiary/aromatic N) is 1. The van der Waals surface area contributed by atoms with Gasteiger partial charge in [-0.05, 0) is 76.3 Å². The minimum Gasteiger partial charge on any atom is -0.508 e. The molecule has 0 aromatic heterocycles. The molecule has 0 bridgehead atoms. The Balaban J connectivity index is 1.29. The van der Waals surface area contributed by atoms with Crippen molar-refractivity contribution in [3.05, 3.63) is 165 Å². The lowest BCUT2D eigenvalue weighted by Gasteiger charge is -2.38. The molecule has 13 heteroatoms. The van der Waals surface area contributed by atoms with Crippen molar-refractivity contribution < 1.29 is 50.6 Å². The van der Waals surface area contributed by atoms with E-state index in [9.17, 15) is 50.6 Å². The van der Waals surface area contributed by atoms with Crippen LogP contribution in [-0.4, -0.2) is 41.1 Å². The number of rotatable bonds is 6. The van der Waals surface area contributed by atoms with E-state index in [0.717, 1.165) is 22.8 Å². The van der Waals surface area contributed by atoms with E-state index in [0.29, 0.717) is 35.2 Å². The van der Waals surface area contributed by atoms with Gasteiger partial charge in [0.05, 0.1) is 27.9 Å². The van der Waals surface area contributed by atoms with Crippen LogP contribution in [0.4, 0.5) is 32.0 Å². The fourth-order valence-corrected chi connectivity index (χ4v) is 6.80. The summed E-state index contributed by atoms with van der Waals surface area (Å²) in [5.41, 5.74) is -7.28. The van der Waals surface area contributed by atoms with Gasteiger partial charge in [0.1, 0.15) is 5.75 Å². The summed E-state index contributed by atoms with van der Waals surface area (Å²) in [6.45, 7) is 0. The van der Waals surface area contributed by atoms with Gasteiger partial charge in [-0.2, -0.15) is 26.3 Å². The summed E-state index contributed by atoms with van der Waals surface area (Å²) < 4.78 is 89.6. The zero-order valence-corrected chi connectivity index (χ0v) is 25.8. The quantitative estimate of drug-likeness (QED) is 0.108. The van der Waals surface area contributed by atoms with Crippen molar-refractivity contribution in [2.75, 3.05) is 4.90 Å². The zero-order valence-electron chi connectivity index (χ0n) is 25.8. The molecular formula is C38H22F6N2O5. The fourth-order valence-electron chi connectivity index (χ4n) is 6.80. The van der Waals surface area contributed by atoms with E-state index in [1.807, 2.05) is 35.6 Å². The Morgan fingerprint density at radius 3 is 1.57 bits per heavy atom. The first-order chi connectivity index (χ1) is 24.1. The van der Waals surface area contributed by atoms with Gasteiger partial charge >= 0.3 is 12.4 Å². The van der Waals surface area contributed by atoms with E-state index in [2.05, 4.69) is 0 Å². The molecule has 2 aliphatic heterocycles. The molecule has 2 heterocycles. The van der Waals surface area contributed by atoms with Crippen LogP contribution in [0.5, 0.6) is 5.75 Å². The number of benzene rings is 5. The van der Waals surface area contributed by atoms with Crippen molar-refractivity contribution in [1.29, 1.82) is 0 Å². The minimum atomic E-state index is -6.07. The van der Waals surface area contributed by atoms with Crippen LogP contribution < -0.4 is 10.2 Å². The lowest BCUT2D eigenvalue weighted by Crippen LogP contribution is -2.55. The molecule has 0 saturated heterocycles. The van der Waals surface area contributed by atoms with Crippen LogP contribution in [0, 0.1) is 0 Å². The highest BCUT2D eigenvalue weighted by Gasteiger charge is 2.73. The molecule has 5 aromatic carbocycles. The summed E-state index contributed by atoms with van der Waals surface area (Å²) in [6.07, 6.45) is -12.1. The number of carbonyl (C=O) groups excluding carboxylic acids is 4. The van der Waals surface area contributed by atoms with E-state index >= 15 is 0 Å². The highest BCUT2D eigenvalue weighted by atomic mass is 19.4. The number of phenolic OH excluding ortho intramolecular Hbond substituents is 1. The lowest BCUT2D eigenvalue weighted by molar-refractivity contribution is -0.288. The van der Waals surface area contributed by atoms with Crippen LogP contribution in [0.1, 0.15) is 75.2 Å². The standard InChI is InChI=1S/C38H22F6N2O5/c39-37(40,41)36(38(42,43)44,23-10-16-27-29(18-23)33(49)45-32(27)48)24-11-17-28-30(19-24)35(51)46(34(28)50)25-12-6-21(7-13-25)31(20-4-2-1-3-5-20)22-8-14-26(47)15-9-22/h1-19,31,47H,(H,45,48,49). The third-order valence-corrected chi connectivity index (χ3v) is 9.18. The molecule has 256 valence electrons. The van der Waals surface area contributed by atoms with Gasteiger partial charge in [0.2, 0.25) is 5.41 Å². The lowest BCUT2D eigenvalue weighted by atomic mass is 9.71. The molecule has 51 heavy (non-hydrogen) atoms. The molecule has 5 aromatic rings. The van der Waals surface area contributed by atoms with E-state index in [1.165, 1.54) is 24.3 Å². The van der Waals surface area contributed by atoms with Crippen LogP contribution >= 0.6 is 0 Å². The topological polar surface area (TPSA) is 104 Å². The van der Waals surface area contributed by atoms with Crippen molar-refractivity contribution in [1.82, 2.24) is 5.32 Å². The molecular weight excluding hydrogens is 678 g/mol.